The Kier molecular flexibility index (Phi) is 5.38. The minimum Gasteiger partial charge on any atom is -0.377 e. The molecule has 1 rings (SSSR count). The van der Waals surface area contributed by atoms with Crippen LogP contribution in [0.3, 0.4) is 0 Å². The Hall–Kier alpha value is -0.450. The summed E-state index contributed by atoms with van der Waals surface area (Å²) in [5.41, 5.74) is 6.86. The quantitative estimate of drug-likeness (QED) is 0.905. The maximum absolute atomic E-state index is 13.3. The van der Waals surface area contributed by atoms with Crippen molar-refractivity contribution < 1.29 is 9.13 Å². The topological polar surface area (TPSA) is 35.2 Å². The summed E-state index contributed by atoms with van der Waals surface area (Å²) in [6.07, 6.45) is 0.569. The molecule has 0 radical (unpaired) electrons. The first-order chi connectivity index (χ1) is 7.56. The van der Waals surface area contributed by atoms with Crippen LogP contribution in [0.5, 0.6) is 0 Å². The predicted octanol–water partition coefficient (Wildman–Crippen LogP) is 2.88. The summed E-state index contributed by atoms with van der Waals surface area (Å²) in [7, 11) is 0. The van der Waals surface area contributed by atoms with Crippen LogP contribution in [-0.4, -0.2) is 18.8 Å². The maximum atomic E-state index is 13.3. The zero-order valence-corrected chi connectivity index (χ0v) is 11.1. The average Bonchev–Trinajstić information content (AvgIpc) is 2.25. The minimum absolute atomic E-state index is 0.0276. The summed E-state index contributed by atoms with van der Waals surface area (Å²) in [5, 5.41) is 0. The van der Waals surface area contributed by atoms with Gasteiger partial charge in [0.25, 0.3) is 0 Å². The lowest BCUT2D eigenvalue weighted by Crippen LogP contribution is -2.36. The Morgan fingerprint density at radius 2 is 2.19 bits per heavy atom. The van der Waals surface area contributed by atoms with Gasteiger partial charge in [-0.3, -0.25) is 0 Å². The molecule has 90 valence electrons. The Balaban J connectivity index is 2.69. The van der Waals surface area contributed by atoms with E-state index in [1.807, 2.05) is 19.9 Å². The summed E-state index contributed by atoms with van der Waals surface area (Å²) in [6, 6.07) is 4.85. The Labute approximate surface area is 104 Å². The smallest absolute Gasteiger partial charge is 0.137 e. The van der Waals surface area contributed by atoms with Crippen molar-refractivity contribution in [3.63, 3.8) is 0 Å². The largest absolute Gasteiger partial charge is 0.377 e. The molecule has 0 bridgehead atoms. The van der Waals surface area contributed by atoms with Crippen molar-refractivity contribution >= 4 is 15.9 Å². The monoisotopic (exact) mass is 289 g/mol. The summed E-state index contributed by atoms with van der Waals surface area (Å²) in [5.74, 6) is -0.256. The lowest BCUT2D eigenvalue weighted by molar-refractivity contribution is 0.0576. The molecule has 0 aliphatic carbocycles. The molecule has 0 saturated heterocycles. The number of nitrogens with two attached hydrogens (primary N) is 1. The molecule has 2 unspecified atom stereocenters. The van der Waals surface area contributed by atoms with Gasteiger partial charge in [0.2, 0.25) is 0 Å². The zero-order chi connectivity index (χ0) is 12.1. The van der Waals surface area contributed by atoms with Crippen LogP contribution in [0, 0.1) is 5.82 Å². The highest BCUT2D eigenvalue weighted by Crippen LogP contribution is 2.22. The molecule has 4 heteroatoms. The molecule has 16 heavy (non-hydrogen) atoms. The van der Waals surface area contributed by atoms with Gasteiger partial charge in [0.15, 0.2) is 0 Å². The Morgan fingerprint density at radius 1 is 1.50 bits per heavy atom. The minimum atomic E-state index is -0.256. The van der Waals surface area contributed by atoms with Crippen molar-refractivity contribution in [2.75, 3.05) is 6.61 Å². The van der Waals surface area contributed by atoms with Gasteiger partial charge in [-0.05, 0) is 47.8 Å². The third-order valence-electron chi connectivity index (χ3n) is 2.52. The molecule has 0 aromatic heterocycles. The van der Waals surface area contributed by atoms with E-state index >= 15 is 0 Å². The van der Waals surface area contributed by atoms with Crippen LogP contribution >= 0.6 is 15.9 Å². The second-order valence-corrected chi connectivity index (χ2v) is 4.53. The summed E-state index contributed by atoms with van der Waals surface area (Å²) in [4.78, 5) is 0. The van der Waals surface area contributed by atoms with Crippen LogP contribution in [0.15, 0.2) is 22.7 Å². The summed E-state index contributed by atoms with van der Waals surface area (Å²) in [6.45, 7) is 4.50. The average molecular weight is 290 g/mol. The molecule has 1 aromatic carbocycles. The van der Waals surface area contributed by atoms with Gasteiger partial charge in [0, 0.05) is 12.6 Å². The lowest BCUT2D eigenvalue weighted by atomic mass is 10.0. The van der Waals surface area contributed by atoms with E-state index in [2.05, 4.69) is 15.9 Å². The number of hydrogen-bond donors (Lipinski definition) is 1. The summed E-state index contributed by atoms with van der Waals surface area (Å²) >= 11 is 3.23. The van der Waals surface area contributed by atoms with Crippen molar-refractivity contribution in [3.8, 4) is 0 Å². The van der Waals surface area contributed by atoms with E-state index < -0.39 is 0 Å². The van der Waals surface area contributed by atoms with E-state index in [1.54, 1.807) is 6.07 Å². The molecule has 0 fully saturated rings. The van der Waals surface area contributed by atoms with Crippen LogP contribution in [0.1, 0.15) is 19.4 Å². The van der Waals surface area contributed by atoms with Gasteiger partial charge < -0.3 is 10.5 Å². The Morgan fingerprint density at radius 3 is 2.81 bits per heavy atom. The van der Waals surface area contributed by atoms with Crippen molar-refractivity contribution in [2.24, 2.45) is 5.73 Å². The molecule has 0 amide bonds. The number of benzene rings is 1. The van der Waals surface area contributed by atoms with Crippen molar-refractivity contribution in [1.29, 1.82) is 0 Å². The fourth-order valence-electron chi connectivity index (χ4n) is 1.51. The number of ether oxygens (including phenoxy) is 1. The maximum Gasteiger partial charge on any atom is 0.137 e. The molecule has 2 N–H and O–H groups in total. The molecule has 0 aliphatic rings. The molecular formula is C12H17BrFNO. The van der Waals surface area contributed by atoms with Crippen LogP contribution in [0.25, 0.3) is 0 Å². The van der Waals surface area contributed by atoms with Crippen LogP contribution in [0.2, 0.25) is 0 Å². The molecular weight excluding hydrogens is 273 g/mol. The normalized spacial score (nSPS) is 14.8. The van der Waals surface area contributed by atoms with Gasteiger partial charge in [0.05, 0.1) is 10.6 Å². The Bertz CT molecular complexity index is 346. The predicted molar refractivity (Wildman–Crippen MR) is 66.9 cm³/mol. The van der Waals surface area contributed by atoms with Crippen molar-refractivity contribution in [2.45, 2.75) is 32.4 Å². The van der Waals surface area contributed by atoms with Gasteiger partial charge in [-0.25, -0.2) is 4.39 Å². The lowest BCUT2D eigenvalue weighted by Gasteiger charge is -2.20. The van der Waals surface area contributed by atoms with E-state index in [4.69, 9.17) is 10.5 Å². The third-order valence-corrected chi connectivity index (χ3v) is 3.41. The van der Waals surface area contributed by atoms with Gasteiger partial charge in [-0.1, -0.05) is 12.1 Å². The molecule has 0 aliphatic heterocycles. The van der Waals surface area contributed by atoms with Crippen LogP contribution in [-0.2, 0) is 11.2 Å². The standard InChI is InChI=1S/C12H17BrFNO/c1-3-16-8(2)11(15)7-9-5-4-6-10(14)12(9)13/h4-6,8,11H,3,7,15H2,1-2H3. The first kappa shape index (κ1) is 13.6. The van der Waals surface area contributed by atoms with E-state index in [0.717, 1.165) is 5.56 Å². The van der Waals surface area contributed by atoms with Crippen molar-refractivity contribution in [1.82, 2.24) is 0 Å². The molecule has 0 spiro atoms. The molecule has 0 saturated carbocycles. The second kappa shape index (κ2) is 6.33. The number of hydrogen-bond acceptors (Lipinski definition) is 2. The van der Waals surface area contributed by atoms with E-state index in [1.165, 1.54) is 6.07 Å². The highest BCUT2D eigenvalue weighted by Gasteiger charge is 2.15. The summed E-state index contributed by atoms with van der Waals surface area (Å²) < 4.78 is 19.2. The van der Waals surface area contributed by atoms with E-state index in [0.29, 0.717) is 17.5 Å². The van der Waals surface area contributed by atoms with Gasteiger partial charge in [0.1, 0.15) is 5.82 Å². The molecule has 2 atom stereocenters. The number of rotatable bonds is 5. The van der Waals surface area contributed by atoms with Gasteiger partial charge in [-0.15, -0.1) is 0 Å². The first-order valence-electron chi connectivity index (χ1n) is 5.36. The van der Waals surface area contributed by atoms with E-state index in [-0.39, 0.29) is 18.0 Å². The van der Waals surface area contributed by atoms with E-state index in [9.17, 15) is 4.39 Å². The zero-order valence-electron chi connectivity index (χ0n) is 9.54. The van der Waals surface area contributed by atoms with Gasteiger partial charge in [-0.2, -0.15) is 0 Å². The first-order valence-corrected chi connectivity index (χ1v) is 6.15. The fraction of sp³-hybridized carbons (Fsp3) is 0.500. The highest BCUT2D eigenvalue weighted by molar-refractivity contribution is 9.10. The van der Waals surface area contributed by atoms with Crippen LogP contribution in [0.4, 0.5) is 4.39 Å². The molecule has 1 aromatic rings. The molecule has 0 heterocycles. The SMILES string of the molecule is CCOC(C)C(N)Cc1cccc(F)c1Br. The van der Waals surface area contributed by atoms with Crippen molar-refractivity contribution in [3.05, 3.63) is 34.1 Å². The van der Waals surface area contributed by atoms with Gasteiger partial charge >= 0.3 is 0 Å². The highest BCUT2D eigenvalue weighted by atomic mass is 79.9. The third kappa shape index (κ3) is 3.54. The number of halogens is 2. The van der Waals surface area contributed by atoms with Crippen LogP contribution < -0.4 is 5.73 Å². The molecule has 2 nitrogen and oxygen atoms in total. The fourth-order valence-corrected chi connectivity index (χ4v) is 1.94. The second-order valence-electron chi connectivity index (χ2n) is 3.74.